The molecule has 2 N–H and O–H groups in total. The zero-order valence-corrected chi connectivity index (χ0v) is 13.3. The van der Waals surface area contributed by atoms with E-state index in [9.17, 15) is 5.11 Å². The first-order chi connectivity index (χ1) is 11.8. The zero-order chi connectivity index (χ0) is 16.4. The van der Waals surface area contributed by atoms with E-state index < -0.39 is 6.10 Å². The summed E-state index contributed by atoms with van der Waals surface area (Å²) in [5, 5.41) is 12.3. The van der Waals surface area contributed by atoms with E-state index in [0.29, 0.717) is 0 Å². The van der Waals surface area contributed by atoms with Crippen LogP contribution < -0.4 is 0 Å². The first-order valence-corrected chi connectivity index (χ1v) is 8.18. The van der Waals surface area contributed by atoms with Crippen molar-refractivity contribution in [3.63, 3.8) is 0 Å². The Hall–Kier alpha value is -2.84. The van der Waals surface area contributed by atoms with Gasteiger partial charge in [0.1, 0.15) is 0 Å². The molecule has 0 saturated heterocycles. The van der Waals surface area contributed by atoms with Crippen molar-refractivity contribution in [2.45, 2.75) is 12.0 Å². The van der Waals surface area contributed by atoms with Crippen LogP contribution in [0.3, 0.4) is 0 Å². The minimum atomic E-state index is -0.604. The minimum absolute atomic E-state index is 0.121. The van der Waals surface area contributed by atoms with Gasteiger partial charge >= 0.3 is 0 Å². The van der Waals surface area contributed by atoms with Gasteiger partial charge in [-0.05, 0) is 22.8 Å². The number of aliphatic hydroxyl groups excluding tert-OH is 1. The molecule has 0 aliphatic rings. The highest BCUT2D eigenvalue weighted by Crippen LogP contribution is 2.39. The van der Waals surface area contributed by atoms with Crippen molar-refractivity contribution >= 4 is 10.9 Å². The van der Waals surface area contributed by atoms with Gasteiger partial charge in [0.2, 0.25) is 0 Å². The first kappa shape index (κ1) is 14.7. The first-order valence-electron chi connectivity index (χ1n) is 8.18. The zero-order valence-electron chi connectivity index (χ0n) is 13.3. The molecule has 2 atom stereocenters. The molecular formula is C22H19NO. The highest BCUT2D eigenvalue weighted by Gasteiger charge is 2.26. The molecule has 0 aliphatic carbocycles. The van der Waals surface area contributed by atoms with Gasteiger partial charge in [-0.1, -0.05) is 78.9 Å². The van der Waals surface area contributed by atoms with Crippen LogP contribution >= 0.6 is 0 Å². The lowest BCUT2D eigenvalue weighted by Gasteiger charge is -2.24. The van der Waals surface area contributed by atoms with Crippen LogP contribution in [-0.4, -0.2) is 10.1 Å². The lowest BCUT2D eigenvalue weighted by Crippen LogP contribution is -2.12. The van der Waals surface area contributed by atoms with Crippen molar-refractivity contribution < 1.29 is 5.11 Å². The summed E-state index contributed by atoms with van der Waals surface area (Å²) >= 11 is 0. The Bertz CT molecular complexity index is 928. The summed E-state index contributed by atoms with van der Waals surface area (Å²) in [6, 6.07) is 28.3. The predicted molar refractivity (Wildman–Crippen MR) is 98.0 cm³/mol. The van der Waals surface area contributed by atoms with Gasteiger partial charge in [0.15, 0.2) is 0 Å². The van der Waals surface area contributed by atoms with Crippen LogP contribution in [0.2, 0.25) is 0 Å². The topological polar surface area (TPSA) is 36.0 Å². The Balaban J connectivity index is 1.88. The number of hydrogen-bond acceptors (Lipinski definition) is 1. The lowest BCUT2D eigenvalue weighted by molar-refractivity contribution is 0.159. The van der Waals surface area contributed by atoms with E-state index in [2.05, 4.69) is 29.2 Å². The molecule has 2 heteroatoms. The molecule has 0 bridgehead atoms. The van der Waals surface area contributed by atoms with Crippen LogP contribution in [0.15, 0.2) is 91.1 Å². The molecule has 0 radical (unpaired) electrons. The maximum absolute atomic E-state index is 11.2. The number of benzene rings is 3. The van der Waals surface area contributed by atoms with Crippen molar-refractivity contribution in [2.75, 3.05) is 0 Å². The summed E-state index contributed by atoms with van der Waals surface area (Å²) < 4.78 is 0. The van der Waals surface area contributed by atoms with E-state index in [1.54, 1.807) is 0 Å². The Morgan fingerprint density at radius 2 is 1.25 bits per heavy atom. The maximum atomic E-state index is 11.2. The number of rotatable bonds is 4. The molecule has 0 saturated carbocycles. The van der Waals surface area contributed by atoms with E-state index in [-0.39, 0.29) is 5.92 Å². The molecule has 0 aliphatic heterocycles. The fourth-order valence-corrected chi connectivity index (χ4v) is 3.39. The molecule has 0 spiro atoms. The Kier molecular flexibility index (Phi) is 3.89. The van der Waals surface area contributed by atoms with E-state index >= 15 is 0 Å². The van der Waals surface area contributed by atoms with Gasteiger partial charge in [0.05, 0.1) is 6.10 Å². The van der Waals surface area contributed by atoms with Crippen LogP contribution in [0, 0.1) is 0 Å². The minimum Gasteiger partial charge on any atom is -0.387 e. The van der Waals surface area contributed by atoms with E-state index in [1.165, 1.54) is 0 Å². The highest BCUT2D eigenvalue weighted by atomic mass is 16.3. The normalized spacial score (nSPS) is 13.7. The number of fused-ring (bicyclic) bond motifs is 1. The van der Waals surface area contributed by atoms with Crippen LogP contribution in [0.5, 0.6) is 0 Å². The number of para-hydroxylation sites is 1. The average molecular weight is 313 g/mol. The quantitative estimate of drug-likeness (QED) is 0.544. The summed E-state index contributed by atoms with van der Waals surface area (Å²) in [7, 11) is 0. The van der Waals surface area contributed by atoms with Gasteiger partial charge in [-0.2, -0.15) is 0 Å². The van der Waals surface area contributed by atoms with Crippen LogP contribution in [0.1, 0.15) is 28.7 Å². The summed E-state index contributed by atoms with van der Waals surface area (Å²) in [4.78, 5) is 3.33. The highest BCUT2D eigenvalue weighted by molar-refractivity contribution is 5.84. The van der Waals surface area contributed by atoms with Crippen molar-refractivity contribution in [3.8, 4) is 0 Å². The van der Waals surface area contributed by atoms with Gasteiger partial charge in [-0.3, -0.25) is 0 Å². The van der Waals surface area contributed by atoms with Gasteiger partial charge < -0.3 is 10.1 Å². The van der Waals surface area contributed by atoms with E-state index in [1.807, 2.05) is 66.9 Å². The van der Waals surface area contributed by atoms with Crippen LogP contribution in [0.25, 0.3) is 10.9 Å². The third-order valence-electron chi connectivity index (χ3n) is 4.57. The molecule has 3 aromatic carbocycles. The van der Waals surface area contributed by atoms with Crippen molar-refractivity contribution in [3.05, 3.63) is 108 Å². The number of nitrogens with one attached hydrogen (secondary N) is 1. The average Bonchev–Trinajstić information content (AvgIpc) is 3.07. The molecule has 4 rings (SSSR count). The second-order valence-electron chi connectivity index (χ2n) is 6.03. The summed E-state index contributed by atoms with van der Waals surface area (Å²) in [5.41, 5.74) is 4.25. The van der Waals surface area contributed by atoms with Gasteiger partial charge in [0.25, 0.3) is 0 Å². The second kappa shape index (κ2) is 6.34. The third-order valence-corrected chi connectivity index (χ3v) is 4.57. The summed E-state index contributed by atoms with van der Waals surface area (Å²) in [6.07, 6.45) is 1.42. The van der Waals surface area contributed by atoms with Gasteiger partial charge in [-0.25, -0.2) is 0 Å². The SMILES string of the molecule is O[C@H](c1ccccc1)[C@@H](c1ccccc1)c1c[nH]c2ccccc12. The lowest BCUT2D eigenvalue weighted by atomic mass is 9.83. The molecular weight excluding hydrogens is 294 g/mol. The van der Waals surface area contributed by atoms with Gasteiger partial charge in [0, 0.05) is 23.0 Å². The van der Waals surface area contributed by atoms with Gasteiger partial charge in [-0.15, -0.1) is 0 Å². The van der Waals surface area contributed by atoms with Crippen LogP contribution in [0.4, 0.5) is 0 Å². The molecule has 1 aromatic heterocycles. The molecule has 0 unspecified atom stereocenters. The second-order valence-corrected chi connectivity index (χ2v) is 6.03. The molecule has 4 aromatic rings. The van der Waals surface area contributed by atoms with Crippen molar-refractivity contribution in [1.82, 2.24) is 4.98 Å². The predicted octanol–water partition coefficient (Wildman–Crippen LogP) is 5.03. The van der Waals surface area contributed by atoms with Crippen molar-refractivity contribution in [1.29, 1.82) is 0 Å². The Labute approximate surface area is 141 Å². The third kappa shape index (κ3) is 2.61. The maximum Gasteiger partial charge on any atom is 0.0899 e. The largest absolute Gasteiger partial charge is 0.387 e. The molecule has 24 heavy (non-hydrogen) atoms. The number of aliphatic hydroxyl groups is 1. The van der Waals surface area contributed by atoms with E-state index in [4.69, 9.17) is 0 Å². The smallest absolute Gasteiger partial charge is 0.0899 e. The standard InChI is InChI=1S/C22H19NO/c24-22(17-11-5-2-6-12-17)21(16-9-3-1-4-10-16)19-15-23-20-14-8-7-13-18(19)20/h1-15,21-24H/t21-,22+/m0/s1. The fraction of sp³-hybridized carbons (Fsp3) is 0.0909. The number of aromatic amines is 1. The molecule has 1 heterocycles. The molecule has 2 nitrogen and oxygen atoms in total. The van der Waals surface area contributed by atoms with Crippen LogP contribution in [-0.2, 0) is 0 Å². The fourth-order valence-electron chi connectivity index (χ4n) is 3.39. The monoisotopic (exact) mass is 313 g/mol. The number of aromatic nitrogens is 1. The number of hydrogen-bond donors (Lipinski definition) is 2. The summed E-state index contributed by atoms with van der Waals surface area (Å²) in [6.45, 7) is 0. The molecule has 118 valence electrons. The summed E-state index contributed by atoms with van der Waals surface area (Å²) in [5.74, 6) is -0.121. The van der Waals surface area contributed by atoms with Crippen molar-refractivity contribution in [2.24, 2.45) is 0 Å². The molecule has 0 fully saturated rings. The molecule has 0 amide bonds. The van der Waals surface area contributed by atoms with E-state index in [0.717, 1.165) is 27.6 Å². The Morgan fingerprint density at radius 3 is 1.96 bits per heavy atom. The Morgan fingerprint density at radius 1 is 0.667 bits per heavy atom. The number of H-pyrrole nitrogens is 1.